The van der Waals surface area contributed by atoms with Crippen molar-refractivity contribution < 1.29 is 25.9 Å². The van der Waals surface area contributed by atoms with Crippen LogP contribution in [-0.4, -0.2) is 18.0 Å². The molecular formula is C40H36IrN2OSi-2. The van der Waals surface area contributed by atoms with Crippen LogP contribution >= 0.6 is 0 Å². The van der Waals surface area contributed by atoms with E-state index in [1.54, 1.807) is 6.20 Å². The monoisotopic (exact) mass is 782 g/mol. The zero-order valence-electron chi connectivity index (χ0n) is 27.2. The number of rotatable bonds is 5. The topological polar surface area (TPSA) is 38.9 Å². The Morgan fingerprint density at radius 2 is 1.56 bits per heavy atom. The van der Waals surface area contributed by atoms with E-state index in [1.165, 1.54) is 5.19 Å². The molecule has 0 N–H and O–H groups in total. The second kappa shape index (κ2) is 13.9. The number of hydrogen-bond donors (Lipinski definition) is 0. The van der Waals surface area contributed by atoms with Gasteiger partial charge in [-0.2, -0.15) is 0 Å². The van der Waals surface area contributed by atoms with E-state index in [9.17, 15) is 0 Å². The Morgan fingerprint density at radius 3 is 2.24 bits per heavy atom. The van der Waals surface area contributed by atoms with Crippen molar-refractivity contribution in [2.24, 2.45) is 0 Å². The van der Waals surface area contributed by atoms with E-state index in [2.05, 4.69) is 84.2 Å². The number of hydrogen-bond acceptors (Lipinski definition) is 3. The molecule has 4 aromatic carbocycles. The summed E-state index contributed by atoms with van der Waals surface area (Å²) in [5.41, 5.74) is 8.56. The number of para-hydroxylation sites is 1. The molecule has 0 fully saturated rings. The maximum Gasteiger partial charge on any atom is 0.131 e. The first-order valence-corrected chi connectivity index (χ1v) is 18.4. The van der Waals surface area contributed by atoms with E-state index in [4.69, 9.17) is 5.79 Å². The number of furan rings is 1. The predicted octanol–water partition coefficient (Wildman–Crippen LogP) is 10.3. The normalized spacial score (nSPS) is 11.8. The first-order chi connectivity index (χ1) is 21.6. The van der Waals surface area contributed by atoms with Gasteiger partial charge in [-0.1, -0.05) is 117 Å². The summed E-state index contributed by atoms with van der Waals surface area (Å²) in [6.07, 6.45) is 3.77. The van der Waals surface area contributed by atoms with Crippen molar-refractivity contribution in [1.82, 2.24) is 9.97 Å². The van der Waals surface area contributed by atoms with Gasteiger partial charge in [0.05, 0.1) is 13.7 Å². The fourth-order valence-electron chi connectivity index (χ4n) is 5.17. The fourth-order valence-corrected chi connectivity index (χ4v) is 6.20. The van der Waals surface area contributed by atoms with Gasteiger partial charge in [0.2, 0.25) is 0 Å². The molecule has 0 bridgehead atoms. The molecule has 3 heterocycles. The van der Waals surface area contributed by atoms with Gasteiger partial charge < -0.3 is 14.4 Å². The molecule has 0 unspecified atom stereocenters. The van der Waals surface area contributed by atoms with Crippen LogP contribution in [0.2, 0.25) is 19.6 Å². The maximum absolute atomic E-state index is 8.29. The van der Waals surface area contributed by atoms with Crippen LogP contribution in [0.3, 0.4) is 0 Å². The molecule has 227 valence electrons. The van der Waals surface area contributed by atoms with Crippen molar-refractivity contribution in [3.63, 3.8) is 0 Å². The molecule has 7 aromatic rings. The van der Waals surface area contributed by atoms with Gasteiger partial charge in [0.1, 0.15) is 5.58 Å². The third kappa shape index (κ3) is 7.23. The summed E-state index contributed by atoms with van der Waals surface area (Å²) in [4.78, 5) is 9.01. The number of pyridine rings is 2. The molecule has 0 spiro atoms. The largest absolute Gasteiger partial charge is 0.476 e. The van der Waals surface area contributed by atoms with Crippen molar-refractivity contribution in [2.75, 3.05) is 0 Å². The third-order valence-electron chi connectivity index (χ3n) is 7.74. The van der Waals surface area contributed by atoms with Crippen LogP contribution in [0, 0.1) is 12.1 Å². The van der Waals surface area contributed by atoms with Crippen molar-refractivity contribution in [2.45, 2.75) is 39.4 Å². The fraction of sp³-hybridized carbons (Fsp3) is 0.150. The average Bonchev–Trinajstić information content (AvgIpc) is 3.43. The minimum atomic E-state index is -1.23. The van der Waals surface area contributed by atoms with Crippen LogP contribution in [0.4, 0.5) is 0 Å². The molecule has 1 radical (unpaired) electrons. The van der Waals surface area contributed by atoms with E-state index in [0.717, 1.165) is 61.1 Å². The second-order valence-corrected chi connectivity index (χ2v) is 17.2. The van der Waals surface area contributed by atoms with Gasteiger partial charge in [0.25, 0.3) is 0 Å². The Bertz CT molecular complexity index is 2060. The Balaban J connectivity index is 0.000000209. The van der Waals surface area contributed by atoms with Gasteiger partial charge >= 0.3 is 0 Å². The van der Waals surface area contributed by atoms with Gasteiger partial charge in [0, 0.05) is 39.4 Å². The van der Waals surface area contributed by atoms with Gasteiger partial charge in [-0.05, 0) is 39.5 Å². The summed E-state index contributed by atoms with van der Waals surface area (Å²) in [5.74, 6) is -0.675. The Kier molecular flexibility index (Phi) is 9.51. The summed E-state index contributed by atoms with van der Waals surface area (Å²) in [5, 5.41) is 3.52. The van der Waals surface area contributed by atoms with Crippen molar-refractivity contribution in [3.8, 4) is 33.6 Å². The molecule has 0 amide bonds. The second-order valence-electron chi connectivity index (χ2n) is 12.2. The van der Waals surface area contributed by atoms with Gasteiger partial charge in [-0.15, -0.1) is 53.6 Å². The molecule has 0 aliphatic carbocycles. The minimum absolute atomic E-state index is 0. The molecule has 0 aliphatic rings. The van der Waals surface area contributed by atoms with Crippen molar-refractivity contribution in [1.29, 1.82) is 0 Å². The first-order valence-electron chi connectivity index (χ1n) is 15.4. The van der Waals surface area contributed by atoms with E-state index in [1.807, 2.05) is 86.8 Å². The van der Waals surface area contributed by atoms with Crippen LogP contribution < -0.4 is 5.19 Å². The van der Waals surface area contributed by atoms with Gasteiger partial charge in [-0.25, -0.2) is 0 Å². The quantitative estimate of drug-likeness (QED) is 0.129. The summed E-state index contributed by atoms with van der Waals surface area (Å²) in [7, 11) is -1.23. The number of nitrogens with zero attached hydrogens (tertiary/aromatic N) is 2. The van der Waals surface area contributed by atoms with E-state index >= 15 is 0 Å². The van der Waals surface area contributed by atoms with Crippen LogP contribution in [0.1, 0.15) is 26.7 Å². The zero-order valence-corrected chi connectivity index (χ0v) is 29.6. The summed E-state index contributed by atoms with van der Waals surface area (Å²) in [6.45, 7) is 10.8. The number of fused-ring (bicyclic) bond motifs is 3. The van der Waals surface area contributed by atoms with Crippen molar-refractivity contribution in [3.05, 3.63) is 139 Å². The van der Waals surface area contributed by atoms with E-state index in [0.29, 0.717) is 0 Å². The Labute approximate surface area is 282 Å². The third-order valence-corrected chi connectivity index (χ3v) is 9.77. The Hall–Kier alpha value is -4.15. The Morgan fingerprint density at radius 1 is 0.756 bits per heavy atom. The molecule has 0 atom stereocenters. The number of aromatic nitrogens is 2. The van der Waals surface area contributed by atoms with Crippen LogP contribution in [0.15, 0.2) is 126 Å². The van der Waals surface area contributed by atoms with Gasteiger partial charge in [0.15, 0.2) is 0 Å². The molecule has 3 aromatic heterocycles. The number of benzene rings is 4. The molecule has 5 heteroatoms. The molecule has 3 nitrogen and oxygen atoms in total. The first kappa shape index (κ1) is 30.9. The molecule has 0 aliphatic heterocycles. The molecule has 0 saturated heterocycles. The summed E-state index contributed by atoms with van der Waals surface area (Å²) < 4.78 is 14.6. The molecule has 7 rings (SSSR count). The molecule has 45 heavy (non-hydrogen) atoms. The van der Waals surface area contributed by atoms with Crippen LogP contribution in [-0.2, 0) is 20.1 Å². The van der Waals surface area contributed by atoms with Crippen LogP contribution in [0.25, 0.3) is 55.6 Å². The van der Waals surface area contributed by atoms with Crippen LogP contribution in [0.5, 0.6) is 0 Å². The summed E-state index contributed by atoms with van der Waals surface area (Å²) >= 11 is 0. The minimum Gasteiger partial charge on any atom is -0.476 e. The maximum atomic E-state index is 8.29. The van der Waals surface area contributed by atoms with Crippen molar-refractivity contribution >= 4 is 35.2 Å². The summed E-state index contributed by atoms with van der Waals surface area (Å²) in [6, 6.07) is 43.1. The predicted molar refractivity (Wildman–Crippen MR) is 187 cm³/mol. The zero-order chi connectivity index (χ0) is 31.6. The smallest absolute Gasteiger partial charge is 0.131 e. The van der Waals surface area contributed by atoms with E-state index in [-0.39, 0.29) is 20.1 Å². The van der Waals surface area contributed by atoms with E-state index < -0.39 is 14.0 Å². The SMILES string of the molecule is C[Si](C)(C)c1ccc(-c2[c-]cccc2)nc1.[2H]C(C)(C)c1ccnc(-c2[c-]cc3c(c2)oc2c(-c4ccccc4)cccc23)c1.[Ir]. The average molecular weight is 782 g/mol. The van der Waals surface area contributed by atoms with Gasteiger partial charge in [-0.3, -0.25) is 0 Å². The molecular weight excluding hydrogens is 745 g/mol. The standard InChI is InChI=1S/C26H20NO.C14H16NSi.Ir/c1-17(2)19-13-14-27-24(15-19)20-11-12-22-23-10-6-9-21(18-7-4-3-5-8-18)26(23)28-25(22)16-20;1-16(2,3)13-9-10-14(15-11-13)12-7-5-4-6-8-12;/h3-10,12-17H,1-2H3;4-7,9-11H,1-3H3;/q2*-1;/i17D;;. The molecule has 0 saturated carbocycles.